The SMILES string of the molecule is Nc1onc2nc(-c3ccccc3)cc(-c3ccc([N+](=O)[O-])cc3)c12. The second kappa shape index (κ2) is 5.72. The first kappa shape index (κ1) is 14.8. The van der Waals surface area contributed by atoms with Crippen LogP contribution in [-0.2, 0) is 0 Å². The van der Waals surface area contributed by atoms with E-state index in [9.17, 15) is 10.1 Å². The minimum Gasteiger partial charge on any atom is -0.367 e. The average molecular weight is 332 g/mol. The topological polar surface area (TPSA) is 108 Å². The van der Waals surface area contributed by atoms with Gasteiger partial charge in [0.25, 0.3) is 5.69 Å². The number of rotatable bonds is 3. The summed E-state index contributed by atoms with van der Waals surface area (Å²) in [4.78, 5) is 14.9. The van der Waals surface area contributed by atoms with Gasteiger partial charge < -0.3 is 10.3 Å². The minimum atomic E-state index is -0.435. The highest BCUT2D eigenvalue weighted by Gasteiger charge is 2.17. The Labute approximate surface area is 141 Å². The molecule has 0 unspecified atom stereocenters. The lowest BCUT2D eigenvalue weighted by Crippen LogP contribution is -1.92. The molecule has 7 nitrogen and oxygen atoms in total. The Balaban J connectivity index is 1.95. The van der Waals surface area contributed by atoms with Gasteiger partial charge in [-0.2, -0.15) is 0 Å². The van der Waals surface area contributed by atoms with Crippen molar-refractivity contribution in [3.63, 3.8) is 0 Å². The van der Waals surface area contributed by atoms with Crippen molar-refractivity contribution in [2.75, 3.05) is 5.73 Å². The molecule has 0 fully saturated rings. The van der Waals surface area contributed by atoms with Crippen LogP contribution in [0, 0.1) is 10.1 Å². The van der Waals surface area contributed by atoms with Crippen molar-refractivity contribution in [2.24, 2.45) is 0 Å². The molecule has 7 heteroatoms. The van der Waals surface area contributed by atoms with E-state index in [1.165, 1.54) is 12.1 Å². The van der Waals surface area contributed by atoms with Crippen molar-refractivity contribution in [1.29, 1.82) is 0 Å². The number of fused-ring (bicyclic) bond motifs is 1. The summed E-state index contributed by atoms with van der Waals surface area (Å²) >= 11 is 0. The summed E-state index contributed by atoms with van der Waals surface area (Å²) in [6, 6.07) is 17.8. The van der Waals surface area contributed by atoms with Crippen LogP contribution in [0.1, 0.15) is 0 Å². The van der Waals surface area contributed by atoms with Crippen molar-refractivity contribution in [2.45, 2.75) is 0 Å². The van der Waals surface area contributed by atoms with Crippen LogP contribution < -0.4 is 5.73 Å². The lowest BCUT2D eigenvalue weighted by atomic mass is 10.00. The smallest absolute Gasteiger partial charge is 0.269 e. The van der Waals surface area contributed by atoms with Crippen molar-refractivity contribution in [1.82, 2.24) is 10.1 Å². The Hall–Kier alpha value is -3.74. The first-order chi connectivity index (χ1) is 12.1. The summed E-state index contributed by atoms with van der Waals surface area (Å²) < 4.78 is 5.09. The zero-order chi connectivity index (χ0) is 17.4. The van der Waals surface area contributed by atoms with E-state index >= 15 is 0 Å². The number of anilines is 1. The van der Waals surface area contributed by atoms with Crippen LogP contribution in [0.15, 0.2) is 65.2 Å². The summed E-state index contributed by atoms with van der Waals surface area (Å²) in [6.45, 7) is 0. The maximum atomic E-state index is 10.9. The standard InChI is InChI=1S/C18H12N4O3/c19-17-16-14(11-6-8-13(9-7-11)22(23)24)10-15(20-18(16)21-25-17)12-4-2-1-3-5-12/h1-10H,19H2. The summed E-state index contributed by atoms with van der Waals surface area (Å²) in [5.41, 5.74) is 9.50. The van der Waals surface area contributed by atoms with Gasteiger partial charge in [0.05, 0.1) is 16.0 Å². The molecule has 0 saturated heterocycles. The van der Waals surface area contributed by atoms with Crippen LogP contribution in [-0.4, -0.2) is 15.1 Å². The normalized spacial score (nSPS) is 10.9. The van der Waals surface area contributed by atoms with E-state index < -0.39 is 4.92 Å². The summed E-state index contributed by atoms with van der Waals surface area (Å²) in [7, 11) is 0. The van der Waals surface area contributed by atoms with Crippen LogP contribution in [0.2, 0.25) is 0 Å². The molecule has 0 spiro atoms. The quantitative estimate of drug-likeness (QED) is 0.448. The maximum absolute atomic E-state index is 10.9. The first-order valence-electron chi connectivity index (χ1n) is 7.49. The predicted molar refractivity (Wildman–Crippen MR) is 93.7 cm³/mol. The van der Waals surface area contributed by atoms with Gasteiger partial charge in [-0.25, -0.2) is 4.98 Å². The second-order valence-corrected chi connectivity index (χ2v) is 5.47. The van der Waals surface area contributed by atoms with Gasteiger partial charge in [-0.1, -0.05) is 35.5 Å². The highest BCUT2D eigenvalue weighted by molar-refractivity contribution is 6.00. The molecule has 2 heterocycles. The zero-order valence-corrected chi connectivity index (χ0v) is 12.9. The molecule has 25 heavy (non-hydrogen) atoms. The zero-order valence-electron chi connectivity index (χ0n) is 12.9. The third-order valence-corrected chi connectivity index (χ3v) is 3.94. The van der Waals surface area contributed by atoms with Crippen molar-refractivity contribution >= 4 is 22.6 Å². The molecule has 0 aliphatic carbocycles. The fourth-order valence-electron chi connectivity index (χ4n) is 2.73. The van der Waals surface area contributed by atoms with Gasteiger partial charge in [-0.3, -0.25) is 10.1 Å². The molecule has 0 radical (unpaired) electrons. The molecule has 0 amide bonds. The number of hydrogen-bond acceptors (Lipinski definition) is 6. The van der Waals surface area contributed by atoms with E-state index in [1.807, 2.05) is 36.4 Å². The number of nitrogens with two attached hydrogens (primary N) is 1. The Morgan fingerprint density at radius 2 is 1.72 bits per heavy atom. The molecule has 4 aromatic rings. The number of aromatic nitrogens is 2. The molecule has 122 valence electrons. The average Bonchev–Trinajstić information content (AvgIpc) is 3.03. The van der Waals surface area contributed by atoms with Gasteiger partial charge >= 0.3 is 0 Å². The number of benzene rings is 2. The first-order valence-corrected chi connectivity index (χ1v) is 7.49. The number of nitrogens with zero attached hydrogens (tertiary/aromatic N) is 3. The maximum Gasteiger partial charge on any atom is 0.269 e. The molecule has 0 aliphatic heterocycles. The van der Waals surface area contributed by atoms with Crippen LogP contribution in [0.5, 0.6) is 0 Å². The molecule has 0 saturated carbocycles. The fourth-order valence-corrected chi connectivity index (χ4v) is 2.73. The van der Waals surface area contributed by atoms with Crippen molar-refractivity contribution in [3.05, 3.63) is 70.8 Å². The molecule has 2 aromatic heterocycles. The third kappa shape index (κ3) is 2.57. The molecule has 0 aliphatic rings. The number of hydrogen-bond donors (Lipinski definition) is 1. The van der Waals surface area contributed by atoms with E-state index in [1.54, 1.807) is 12.1 Å². The second-order valence-electron chi connectivity index (χ2n) is 5.47. The monoisotopic (exact) mass is 332 g/mol. The van der Waals surface area contributed by atoms with E-state index in [0.717, 1.165) is 22.4 Å². The van der Waals surface area contributed by atoms with Gasteiger partial charge in [0.2, 0.25) is 11.5 Å². The molecule has 2 N–H and O–H groups in total. The van der Waals surface area contributed by atoms with Gasteiger partial charge in [-0.15, -0.1) is 0 Å². The lowest BCUT2D eigenvalue weighted by molar-refractivity contribution is -0.384. The largest absolute Gasteiger partial charge is 0.367 e. The highest BCUT2D eigenvalue weighted by atomic mass is 16.6. The van der Waals surface area contributed by atoms with Gasteiger partial charge in [0, 0.05) is 23.3 Å². The van der Waals surface area contributed by atoms with Gasteiger partial charge in [0.1, 0.15) is 0 Å². The number of nitro groups is 1. The number of nitrogen functional groups attached to an aromatic ring is 1. The van der Waals surface area contributed by atoms with Crippen LogP contribution in [0.25, 0.3) is 33.4 Å². The molecule has 0 atom stereocenters. The molecular formula is C18H12N4O3. The lowest BCUT2D eigenvalue weighted by Gasteiger charge is -2.07. The Bertz CT molecular complexity index is 1070. The van der Waals surface area contributed by atoms with Crippen LogP contribution in [0.3, 0.4) is 0 Å². The fraction of sp³-hybridized carbons (Fsp3) is 0. The summed E-state index contributed by atoms with van der Waals surface area (Å²) in [5, 5.41) is 15.4. The van der Waals surface area contributed by atoms with E-state index in [-0.39, 0.29) is 11.6 Å². The van der Waals surface area contributed by atoms with Crippen LogP contribution >= 0.6 is 0 Å². The summed E-state index contributed by atoms with van der Waals surface area (Å²) in [6.07, 6.45) is 0. The van der Waals surface area contributed by atoms with Crippen molar-refractivity contribution < 1.29 is 9.45 Å². The van der Waals surface area contributed by atoms with Gasteiger partial charge in [0.15, 0.2) is 0 Å². The molecule has 2 aromatic carbocycles. The predicted octanol–water partition coefficient (Wildman–Crippen LogP) is 4.05. The van der Waals surface area contributed by atoms with Crippen molar-refractivity contribution in [3.8, 4) is 22.4 Å². The Kier molecular flexibility index (Phi) is 3.39. The van der Waals surface area contributed by atoms with E-state index in [2.05, 4.69) is 10.1 Å². The number of non-ortho nitro benzene ring substituents is 1. The number of pyridine rings is 1. The summed E-state index contributed by atoms with van der Waals surface area (Å²) in [5.74, 6) is 0.162. The number of nitro benzene ring substituents is 1. The molecular weight excluding hydrogens is 320 g/mol. The third-order valence-electron chi connectivity index (χ3n) is 3.94. The van der Waals surface area contributed by atoms with E-state index in [0.29, 0.717) is 11.0 Å². The Morgan fingerprint density at radius 1 is 1.00 bits per heavy atom. The highest BCUT2D eigenvalue weighted by Crippen LogP contribution is 2.35. The van der Waals surface area contributed by atoms with E-state index in [4.69, 9.17) is 10.3 Å². The van der Waals surface area contributed by atoms with Gasteiger partial charge in [-0.05, 0) is 23.8 Å². The van der Waals surface area contributed by atoms with Crippen LogP contribution in [0.4, 0.5) is 11.6 Å². The molecule has 4 rings (SSSR count). The minimum absolute atomic E-state index is 0.0237. The Morgan fingerprint density at radius 3 is 2.40 bits per heavy atom. The molecule has 0 bridgehead atoms.